The Morgan fingerprint density at radius 3 is 2.85 bits per heavy atom. The maximum Gasteiger partial charge on any atom is 0.191 e. The van der Waals surface area contributed by atoms with Crippen LogP contribution in [0.1, 0.15) is 50.2 Å². The summed E-state index contributed by atoms with van der Waals surface area (Å²) in [4.78, 5) is 11.9. The van der Waals surface area contributed by atoms with Gasteiger partial charge in [-0.2, -0.15) is 0 Å². The van der Waals surface area contributed by atoms with E-state index in [1.165, 1.54) is 18.5 Å². The van der Waals surface area contributed by atoms with Crippen molar-refractivity contribution in [2.75, 3.05) is 39.3 Å². The topological polar surface area (TPSA) is 61.8 Å². The van der Waals surface area contributed by atoms with E-state index in [1.54, 1.807) is 11.3 Å². The second-order valence-corrected chi connectivity index (χ2v) is 9.12. The zero-order valence-corrected chi connectivity index (χ0v) is 17.9. The largest absolute Gasteiger partial charge is 0.373 e. The molecule has 2 aliphatic rings. The molecule has 3 rings (SSSR count). The summed E-state index contributed by atoms with van der Waals surface area (Å²) in [6.07, 6.45) is 4.72. The summed E-state index contributed by atoms with van der Waals surface area (Å²) in [6.45, 7) is 13.1. The summed E-state index contributed by atoms with van der Waals surface area (Å²) >= 11 is 1.75. The zero-order chi connectivity index (χ0) is 19.1. The van der Waals surface area contributed by atoms with Gasteiger partial charge in [0.1, 0.15) is 0 Å². The SMILES string of the molecule is CCNC(=NCC1(C)CCCO1)NCC1CCN(Cc2csc(C)n2)CC1. The van der Waals surface area contributed by atoms with Gasteiger partial charge < -0.3 is 15.4 Å². The van der Waals surface area contributed by atoms with Gasteiger partial charge in [-0.3, -0.25) is 9.89 Å². The highest BCUT2D eigenvalue weighted by Gasteiger charge is 2.29. The molecule has 2 fully saturated rings. The second-order valence-electron chi connectivity index (χ2n) is 8.06. The van der Waals surface area contributed by atoms with Crippen molar-refractivity contribution in [3.8, 4) is 0 Å². The number of nitrogens with zero attached hydrogens (tertiary/aromatic N) is 3. The Bertz CT molecular complexity index is 603. The number of piperidine rings is 1. The Morgan fingerprint density at radius 2 is 2.22 bits per heavy atom. The van der Waals surface area contributed by atoms with Crippen molar-refractivity contribution in [3.63, 3.8) is 0 Å². The highest BCUT2D eigenvalue weighted by atomic mass is 32.1. The van der Waals surface area contributed by atoms with Gasteiger partial charge in [-0.05, 0) is 65.5 Å². The summed E-state index contributed by atoms with van der Waals surface area (Å²) in [5.74, 6) is 1.63. The Morgan fingerprint density at radius 1 is 1.41 bits per heavy atom. The minimum Gasteiger partial charge on any atom is -0.373 e. The molecule has 7 heteroatoms. The van der Waals surface area contributed by atoms with Gasteiger partial charge in [-0.1, -0.05) is 0 Å². The number of ether oxygens (including phenoxy) is 1. The summed E-state index contributed by atoms with van der Waals surface area (Å²) < 4.78 is 5.85. The third kappa shape index (κ3) is 6.43. The number of nitrogens with one attached hydrogen (secondary N) is 2. The van der Waals surface area contributed by atoms with Crippen LogP contribution in [0.2, 0.25) is 0 Å². The van der Waals surface area contributed by atoms with Gasteiger partial charge in [0.2, 0.25) is 0 Å². The Labute approximate surface area is 167 Å². The predicted molar refractivity (Wildman–Crippen MR) is 112 cm³/mol. The van der Waals surface area contributed by atoms with E-state index in [0.717, 1.165) is 69.7 Å². The van der Waals surface area contributed by atoms with Crippen LogP contribution in [-0.2, 0) is 11.3 Å². The monoisotopic (exact) mass is 393 g/mol. The molecule has 2 aliphatic heterocycles. The molecule has 2 saturated heterocycles. The smallest absolute Gasteiger partial charge is 0.191 e. The van der Waals surface area contributed by atoms with E-state index in [4.69, 9.17) is 9.73 Å². The molecule has 0 aromatic carbocycles. The van der Waals surface area contributed by atoms with Crippen LogP contribution in [0.15, 0.2) is 10.4 Å². The number of thiazole rings is 1. The van der Waals surface area contributed by atoms with Crippen molar-refractivity contribution < 1.29 is 4.74 Å². The van der Waals surface area contributed by atoms with E-state index >= 15 is 0 Å². The lowest BCUT2D eigenvalue weighted by molar-refractivity contribution is 0.0283. The normalized spacial score (nSPS) is 25.1. The van der Waals surface area contributed by atoms with Crippen molar-refractivity contribution in [2.24, 2.45) is 10.9 Å². The lowest BCUT2D eigenvalue weighted by Crippen LogP contribution is -2.43. The predicted octanol–water partition coefficient (Wildman–Crippen LogP) is 2.79. The fraction of sp³-hybridized carbons (Fsp3) is 0.800. The maximum absolute atomic E-state index is 5.85. The molecule has 152 valence electrons. The lowest BCUT2D eigenvalue weighted by Gasteiger charge is -2.32. The lowest BCUT2D eigenvalue weighted by atomic mass is 9.97. The number of hydrogen-bond acceptors (Lipinski definition) is 5. The number of aryl methyl sites for hydroxylation is 1. The Kier molecular flexibility index (Phi) is 7.49. The average molecular weight is 394 g/mol. The molecule has 0 bridgehead atoms. The molecule has 0 saturated carbocycles. The summed E-state index contributed by atoms with van der Waals surface area (Å²) in [7, 11) is 0. The quantitative estimate of drug-likeness (QED) is 0.551. The molecule has 1 aromatic heterocycles. The van der Waals surface area contributed by atoms with Crippen molar-refractivity contribution >= 4 is 17.3 Å². The van der Waals surface area contributed by atoms with Crippen molar-refractivity contribution in [1.29, 1.82) is 0 Å². The fourth-order valence-electron chi connectivity index (χ4n) is 3.85. The van der Waals surface area contributed by atoms with Crippen LogP contribution < -0.4 is 10.6 Å². The van der Waals surface area contributed by atoms with E-state index in [0.29, 0.717) is 5.92 Å². The molecule has 2 N–H and O–H groups in total. The van der Waals surface area contributed by atoms with Gasteiger partial charge >= 0.3 is 0 Å². The van der Waals surface area contributed by atoms with Crippen LogP contribution in [0.5, 0.6) is 0 Å². The van der Waals surface area contributed by atoms with E-state index < -0.39 is 0 Å². The first-order valence-electron chi connectivity index (χ1n) is 10.4. The molecule has 3 heterocycles. The van der Waals surface area contributed by atoms with Crippen molar-refractivity contribution in [3.05, 3.63) is 16.1 Å². The molecule has 6 nitrogen and oxygen atoms in total. The van der Waals surface area contributed by atoms with E-state index in [1.807, 2.05) is 0 Å². The molecule has 0 aliphatic carbocycles. The number of hydrogen-bond donors (Lipinski definition) is 2. The molecule has 0 radical (unpaired) electrons. The van der Waals surface area contributed by atoms with E-state index in [2.05, 4.69) is 46.7 Å². The van der Waals surface area contributed by atoms with Gasteiger partial charge in [-0.15, -0.1) is 11.3 Å². The molecule has 1 unspecified atom stereocenters. The zero-order valence-electron chi connectivity index (χ0n) is 17.1. The minimum atomic E-state index is -0.0816. The van der Waals surface area contributed by atoms with Gasteiger partial charge in [0.25, 0.3) is 0 Å². The molecular formula is C20H35N5OS. The Balaban J connectivity index is 1.40. The highest BCUT2D eigenvalue weighted by Crippen LogP contribution is 2.25. The molecule has 27 heavy (non-hydrogen) atoms. The van der Waals surface area contributed by atoms with Crippen LogP contribution in [0.4, 0.5) is 0 Å². The van der Waals surface area contributed by atoms with Gasteiger partial charge in [0, 0.05) is 31.6 Å². The van der Waals surface area contributed by atoms with E-state index in [9.17, 15) is 0 Å². The van der Waals surface area contributed by atoms with E-state index in [-0.39, 0.29) is 5.60 Å². The highest BCUT2D eigenvalue weighted by molar-refractivity contribution is 7.09. The van der Waals surface area contributed by atoms with Crippen LogP contribution in [-0.4, -0.2) is 60.8 Å². The van der Waals surface area contributed by atoms with Crippen LogP contribution in [0, 0.1) is 12.8 Å². The molecule has 0 spiro atoms. The summed E-state index contributed by atoms with van der Waals surface area (Å²) in [5.41, 5.74) is 1.14. The third-order valence-electron chi connectivity index (χ3n) is 5.53. The van der Waals surface area contributed by atoms with Gasteiger partial charge in [-0.25, -0.2) is 4.98 Å². The van der Waals surface area contributed by atoms with Gasteiger partial charge in [0.05, 0.1) is 22.8 Å². The van der Waals surface area contributed by atoms with Crippen LogP contribution in [0.3, 0.4) is 0 Å². The number of aromatic nitrogens is 1. The number of aliphatic imine (C=N–C) groups is 1. The molecule has 0 amide bonds. The Hall–Kier alpha value is -1.18. The summed E-state index contributed by atoms with van der Waals surface area (Å²) in [6, 6.07) is 0. The average Bonchev–Trinajstić information content (AvgIpc) is 3.27. The van der Waals surface area contributed by atoms with Crippen LogP contribution >= 0.6 is 11.3 Å². The van der Waals surface area contributed by atoms with Crippen LogP contribution in [0.25, 0.3) is 0 Å². The first kappa shape index (κ1) is 20.6. The third-order valence-corrected chi connectivity index (χ3v) is 6.36. The van der Waals surface area contributed by atoms with Gasteiger partial charge in [0.15, 0.2) is 5.96 Å². The molecular weight excluding hydrogens is 358 g/mol. The maximum atomic E-state index is 5.85. The molecule has 1 atom stereocenters. The fourth-order valence-corrected chi connectivity index (χ4v) is 4.45. The summed E-state index contributed by atoms with van der Waals surface area (Å²) in [5, 5.41) is 10.3. The number of likely N-dealkylation sites (tertiary alicyclic amines) is 1. The van der Waals surface area contributed by atoms with Crippen molar-refractivity contribution in [2.45, 2.75) is 58.6 Å². The first-order chi connectivity index (χ1) is 13.1. The molecule has 1 aromatic rings. The number of guanidine groups is 1. The standard InChI is InChI=1S/C20H35N5OS/c1-4-21-19(23-15-20(3)8-5-11-26-20)22-12-17-6-9-25(10-7-17)13-18-14-27-16(2)24-18/h14,17H,4-13,15H2,1-3H3,(H2,21,22,23). The minimum absolute atomic E-state index is 0.0816. The van der Waals surface area contributed by atoms with Crippen molar-refractivity contribution in [1.82, 2.24) is 20.5 Å². The second kappa shape index (κ2) is 9.85. The number of rotatable bonds is 7. The first-order valence-corrected chi connectivity index (χ1v) is 11.2.